The number of para-hydroxylation sites is 1. The standard InChI is InChI=1S/C18H14N2O6S/c1-2-25-18(24)20-14(21)11-7-8-27-16(11)19-15(22)12-9-10-5-3-4-6-13(10)26-17(12)23/h3-9H,2H2,1H3,(H,19,22)(H,20,21,24). The van der Waals surface area contributed by atoms with E-state index in [2.05, 4.69) is 10.1 Å². The number of carbonyl (C=O) groups excluding carboxylic acids is 3. The Balaban J connectivity index is 1.82. The Morgan fingerprint density at radius 3 is 2.67 bits per heavy atom. The van der Waals surface area contributed by atoms with E-state index in [4.69, 9.17) is 4.42 Å². The van der Waals surface area contributed by atoms with E-state index in [9.17, 15) is 19.2 Å². The molecule has 0 aliphatic carbocycles. The minimum Gasteiger partial charge on any atom is -0.450 e. The second-order valence-electron chi connectivity index (χ2n) is 5.28. The van der Waals surface area contributed by atoms with Gasteiger partial charge in [-0.2, -0.15) is 0 Å². The molecule has 27 heavy (non-hydrogen) atoms. The number of alkyl carbamates (subject to hydrolysis) is 1. The lowest BCUT2D eigenvalue weighted by Gasteiger charge is -2.07. The van der Waals surface area contributed by atoms with Crippen LogP contribution in [-0.2, 0) is 4.74 Å². The van der Waals surface area contributed by atoms with Gasteiger partial charge in [-0.15, -0.1) is 11.3 Å². The molecule has 9 heteroatoms. The van der Waals surface area contributed by atoms with Gasteiger partial charge in [0.2, 0.25) is 0 Å². The summed E-state index contributed by atoms with van der Waals surface area (Å²) in [6.45, 7) is 1.72. The van der Waals surface area contributed by atoms with Crippen molar-refractivity contribution in [3.63, 3.8) is 0 Å². The van der Waals surface area contributed by atoms with Crippen LogP contribution >= 0.6 is 11.3 Å². The molecule has 0 saturated carbocycles. The Hall–Kier alpha value is -3.46. The normalized spacial score (nSPS) is 10.4. The lowest BCUT2D eigenvalue weighted by Crippen LogP contribution is -2.31. The summed E-state index contributed by atoms with van der Waals surface area (Å²) < 4.78 is 9.79. The van der Waals surface area contributed by atoms with Gasteiger partial charge in [-0.25, -0.2) is 9.59 Å². The van der Waals surface area contributed by atoms with E-state index in [-0.39, 0.29) is 22.7 Å². The van der Waals surface area contributed by atoms with Crippen molar-refractivity contribution >= 4 is 45.2 Å². The van der Waals surface area contributed by atoms with E-state index in [1.807, 2.05) is 5.32 Å². The van der Waals surface area contributed by atoms with Crippen LogP contribution < -0.4 is 16.3 Å². The molecule has 138 valence electrons. The van der Waals surface area contributed by atoms with E-state index < -0.39 is 23.5 Å². The molecule has 2 aromatic heterocycles. The summed E-state index contributed by atoms with van der Waals surface area (Å²) in [7, 11) is 0. The SMILES string of the molecule is CCOC(=O)NC(=O)c1ccsc1NC(=O)c1cc2ccccc2oc1=O. The first kappa shape index (κ1) is 18.3. The van der Waals surface area contributed by atoms with Gasteiger partial charge >= 0.3 is 11.7 Å². The largest absolute Gasteiger partial charge is 0.450 e. The molecule has 0 aliphatic heterocycles. The highest BCUT2D eigenvalue weighted by Crippen LogP contribution is 2.24. The predicted octanol–water partition coefficient (Wildman–Crippen LogP) is 2.99. The summed E-state index contributed by atoms with van der Waals surface area (Å²) >= 11 is 1.07. The van der Waals surface area contributed by atoms with Gasteiger partial charge in [0.15, 0.2) is 0 Å². The number of rotatable bonds is 4. The maximum atomic E-state index is 12.5. The number of fused-ring (bicyclic) bond motifs is 1. The maximum Gasteiger partial charge on any atom is 0.414 e. The van der Waals surface area contributed by atoms with Crippen LogP contribution in [0.1, 0.15) is 27.6 Å². The number of hydrogen-bond acceptors (Lipinski definition) is 7. The van der Waals surface area contributed by atoms with Gasteiger partial charge < -0.3 is 14.5 Å². The number of anilines is 1. The van der Waals surface area contributed by atoms with Crippen LogP contribution in [0.3, 0.4) is 0 Å². The van der Waals surface area contributed by atoms with E-state index >= 15 is 0 Å². The van der Waals surface area contributed by atoms with Crippen LogP contribution in [0.15, 0.2) is 51.0 Å². The summed E-state index contributed by atoms with van der Waals surface area (Å²) in [4.78, 5) is 48.1. The van der Waals surface area contributed by atoms with E-state index in [0.29, 0.717) is 11.0 Å². The number of nitrogens with one attached hydrogen (secondary N) is 2. The first-order valence-corrected chi connectivity index (χ1v) is 8.77. The fourth-order valence-corrected chi connectivity index (χ4v) is 3.08. The van der Waals surface area contributed by atoms with Crippen molar-refractivity contribution in [3.8, 4) is 0 Å². The van der Waals surface area contributed by atoms with Gasteiger partial charge in [-0.05, 0) is 30.5 Å². The smallest absolute Gasteiger partial charge is 0.414 e. The van der Waals surface area contributed by atoms with Crippen molar-refractivity contribution in [2.75, 3.05) is 11.9 Å². The lowest BCUT2D eigenvalue weighted by atomic mass is 10.2. The molecule has 3 aromatic rings. The van der Waals surface area contributed by atoms with Crippen LogP contribution in [0.4, 0.5) is 9.80 Å². The van der Waals surface area contributed by atoms with E-state index in [1.54, 1.807) is 36.6 Å². The summed E-state index contributed by atoms with van der Waals surface area (Å²) in [5.74, 6) is -1.45. The third-order valence-electron chi connectivity index (χ3n) is 3.51. The van der Waals surface area contributed by atoms with Gasteiger partial charge in [0.25, 0.3) is 11.8 Å². The molecular weight excluding hydrogens is 372 g/mol. The monoisotopic (exact) mass is 386 g/mol. The fraction of sp³-hybridized carbons (Fsp3) is 0.111. The zero-order valence-corrected chi connectivity index (χ0v) is 14.9. The number of hydrogen-bond donors (Lipinski definition) is 2. The quantitative estimate of drug-likeness (QED) is 0.666. The third kappa shape index (κ3) is 4.04. The Morgan fingerprint density at radius 1 is 1.11 bits per heavy atom. The summed E-state index contributed by atoms with van der Waals surface area (Å²) in [6.07, 6.45) is -0.888. The summed E-state index contributed by atoms with van der Waals surface area (Å²) in [5.41, 5.74) is -0.546. The van der Waals surface area contributed by atoms with Gasteiger partial charge in [0.1, 0.15) is 16.1 Å². The van der Waals surface area contributed by atoms with Gasteiger partial charge in [0.05, 0.1) is 12.2 Å². The van der Waals surface area contributed by atoms with Crippen LogP contribution in [0.2, 0.25) is 0 Å². The number of thiophene rings is 1. The average Bonchev–Trinajstić information content (AvgIpc) is 3.09. The van der Waals surface area contributed by atoms with Crippen LogP contribution in [0, 0.1) is 0 Å². The minimum absolute atomic E-state index is 0.0755. The molecule has 0 fully saturated rings. The van der Waals surface area contributed by atoms with Crippen molar-refractivity contribution in [2.24, 2.45) is 0 Å². The van der Waals surface area contributed by atoms with Crippen LogP contribution in [0.25, 0.3) is 11.0 Å². The van der Waals surface area contributed by atoms with E-state index in [0.717, 1.165) is 11.3 Å². The lowest BCUT2D eigenvalue weighted by molar-refractivity contribution is 0.0926. The zero-order valence-electron chi connectivity index (χ0n) is 14.1. The first-order chi connectivity index (χ1) is 13.0. The minimum atomic E-state index is -0.888. The molecule has 2 heterocycles. The fourth-order valence-electron chi connectivity index (χ4n) is 2.30. The second kappa shape index (κ2) is 7.83. The van der Waals surface area contributed by atoms with Gasteiger partial charge in [-0.3, -0.25) is 14.9 Å². The average molecular weight is 386 g/mol. The second-order valence-corrected chi connectivity index (χ2v) is 6.19. The predicted molar refractivity (Wildman–Crippen MR) is 99.2 cm³/mol. The molecule has 8 nitrogen and oxygen atoms in total. The highest BCUT2D eigenvalue weighted by atomic mass is 32.1. The van der Waals surface area contributed by atoms with E-state index in [1.165, 1.54) is 12.1 Å². The van der Waals surface area contributed by atoms with Crippen molar-refractivity contribution in [1.82, 2.24) is 5.32 Å². The molecule has 1 aromatic carbocycles. The highest BCUT2D eigenvalue weighted by molar-refractivity contribution is 7.14. The number of amides is 3. The van der Waals surface area contributed by atoms with Gasteiger partial charge in [0, 0.05) is 5.39 Å². The molecule has 0 aliphatic rings. The first-order valence-electron chi connectivity index (χ1n) is 7.89. The molecule has 0 bridgehead atoms. The van der Waals surface area contributed by atoms with Crippen molar-refractivity contribution in [1.29, 1.82) is 0 Å². The molecule has 0 spiro atoms. The molecular formula is C18H14N2O6S. The Kier molecular flexibility index (Phi) is 5.32. The number of benzene rings is 1. The van der Waals surface area contributed by atoms with Gasteiger partial charge in [-0.1, -0.05) is 18.2 Å². The van der Waals surface area contributed by atoms with Crippen LogP contribution in [-0.4, -0.2) is 24.5 Å². The molecule has 0 unspecified atom stereocenters. The maximum absolute atomic E-state index is 12.5. The molecule has 0 radical (unpaired) electrons. The number of imide groups is 1. The molecule has 0 atom stereocenters. The summed E-state index contributed by atoms with van der Waals surface area (Å²) in [5, 5.41) is 6.90. The molecule has 3 rings (SSSR count). The number of ether oxygens (including phenoxy) is 1. The Labute approximate surface area is 156 Å². The third-order valence-corrected chi connectivity index (χ3v) is 4.34. The number of carbonyl (C=O) groups is 3. The van der Waals surface area contributed by atoms with Crippen molar-refractivity contribution < 1.29 is 23.5 Å². The molecule has 2 N–H and O–H groups in total. The van der Waals surface area contributed by atoms with Crippen molar-refractivity contribution in [2.45, 2.75) is 6.92 Å². The highest BCUT2D eigenvalue weighted by Gasteiger charge is 2.20. The molecule has 0 saturated heterocycles. The molecule has 3 amide bonds. The Morgan fingerprint density at radius 2 is 1.89 bits per heavy atom. The zero-order chi connectivity index (χ0) is 19.4. The summed E-state index contributed by atoms with van der Waals surface area (Å²) in [6, 6.07) is 9.65. The topological polar surface area (TPSA) is 115 Å². The Bertz CT molecular complexity index is 1080. The van der Waals surface area contributed by atoms with Crippen molar-refractivity contribution in [3.05, 3.63) is 63.3 Å². The van der Waals surface area contributed by atoms with Crippen LogP contribution in [0.5, 0.6) is 0 Å².